The second kappa shape index (κ2) is 9.83. The molecule has 1 aromatic rings. The molecular formula is C16H25N. The van der Waals surface area contributed by atoms with E-state index < -0.39 is 0 Å². The number of hydrogen-bond donors (Lipinski definition) is 0. The summed E-state index contributed by atoms with van der Waals surface area (Å²) in [6, 6.07) is 10.4. The van der Waals surface area contributed by atoms with Crippen molar-refractivity contribution in [2.75, 3.05) is 6.54 Å². The van der Waals surface area contributed by atoms with Crippen molar-refractivity contribution in [3.05, 3.63) is 42.0 Å². The summed E-state index contributed by atoms with van der Waals surface area (Å²) < 4.78 is 0. The van der Waals surface area contributed by atoms with E-state index in [2.05, 4.69) is 56.1 Å². The summed E-state index contributed by atoms with van der Waals surface area (Å²) in [4.78, 5) is 4.32. The Morgan fingerprint density at radius 2 is 1.59 bits per heavy atom. The molecule has 0 aromatic heterocycles. The molecule has 0 spiro atoms. The van der Waals surface area contributed by atoms with Crippen LogP contribution in [0.25, 0.3) is 5.57 Å². The van der Waals surface area contributed by atoms with Crippen molar-refractivity contribution in [2.24, 2.45) is 4.99 Å². The Hall–Kier alpha value is -1.37. The molecule has 0 amide bonds. The molecule has 1 heterocycles. The second-order valence-electron chi connectivity index (χ2n) is 3.62. The van der Waals surface area contributed by atoms with E-state index in [1.165, 1.54) is 17.6 Å². The van der Waals surface area contributed by atoms with Gasteiger partial charge in [0.25, 0.3) is 0 Å². The van der Waals surface area contributed by atoms with Gasteiger partial charge in [-0.3, -0.25) is 4.99 Å². The van der Waals surface area contributed by atoms with Crippen molar-refractivity contribution in [2.45, 2.75) is 41.0 Å². The van der Waals surface area contributed by atoms with Crippen LogP contribution < -0.4 is 0 Å². The Kier molecular flexibility index (Phi) is 9.04. The molecule has 0 saturated carbocycles. The minimum absolute atomic E-state index is 0.843. The topological polar surface area (TPSA) is 12.4 Å². The molecule has 0 bridgehead atoms. The van der Waals surface area contributed by atoms with Crippen molar-refractivity contribution in [1.82, 2.24) is 0 Å². The highest BCUT2D eigenvalue weighted by atomic mass is 14.7. The highest BCUT2D eigenvalue weighted by Crippen LogP contribution is 2.19. The zero-order chi connectivity index (χ0) is 13.1. The van der Waals surface area contributed by atoms with Crippen molar-refractivity contribution in [3.8, 4) is 0 Å². The molecule has 0 saturated heterocycles. The maximum Gasteiger partial charge on any atom is 0.0583 e. The molecule has 1 nitrogen and oxygen atoms in total. The van der Waals surface area contributed by atoms with Crippen LogP contribution in [0.3, 0.4) is 0 Å². The fourth-order valence-electron chi connectivity index (χ4n) is 1.45. The van der Waals surface area contributed by atoms with Crippen LogP contribution in [0.5, 0.6) is 0 Å². The van der Waals surface area contributed by atoms with Crippen LogP contribution in [0.1, 0.15) is 46.6 Å². The molecule has 0 radical (unpaired) electrons. The minimum Gasteiger partial charge on any atom is -0.285 e. The summed E-state index contributed by atoms with van der Waals surface area (Å²) in [6.07, 6.45) is 3.42. The van der Waals surface area contributed by atoms with Crippen LogP contribution >= 0.6 is 0 Å². The van der Waals surface area contributed by atoms with E-state index in [1.807, 2.05) is 19.9 Å². The first-order valence-electron chi connectivity index (χ1n) is 6.56. The predicted octanol–water partition coefficient (Wildman–Crippen LogP) is 4.99. The van der Waals surface area contributed by atoms with Gasteiger partial charge in [-0.25, -0.2) is 0 Å². The van der Waals surface area contributed by atoms with Crippen LogP contribution in [-0.2, 0) is 0 Å². The zero-order valence-corrected chi connectivity index (χ0v) is 11.8. The Bertz CT molecular complexity index is 347. The Morgan fingerprint density at radius 1 is 1.06 bits per heavy atom. The summed E-state index contributed by atoms with van der Waals surface area (Å²) in [6.45, 7) is 11.2. The molecule has 17 heavy (non-hydrogen) atoms. The van der Waals surface area contributed by atoms with Gasteiger partial charge in [0.2, 0.25) is 0 Å². The van der Waals surface area contributed by atoms with Crippen molar-refractivity contribution in [3.63, 3.8) is 0 Å². The lowest BCUT2D eigenvalue weighted by atomic mass is 10.0. The summed E-state index contributed by atoms with van der Waals surface area (Å²) in [5.74, 6) is 0. The maximum absolute atomic E-state index is 4.32. The van der Waals surface area contributed by atoms with Crippen molar-refractivity contribution in [1.29, 1.82) is 0 Å². The number of hydrogen-bond acceptors (Lipinski definition) is 1. The monoisotopic (exact) mass is 231 g/mol. The zero-order valence-electron chi connectivity index (χ0n) is 11.8. The molecule has 94 valence electrons. The molecule has 0 unspecified atom stereocenters. The first-order chi connectivity index (χ1) is 8.29. The van der Waals surface area contributed by atoms with Crippen LogP contribution in [0, 0.1) is 0 Å². The van der Waals surface area contributed by atoms with Gasteiger partial charge in [0.1, 0.15) is 0 Å². The molecule has 1 aliphatic rings. The predicted molar refractivity (Wildman–Crippen MR) is 79.7 cm³/mol. The Balaban J connectivity index is 0.000000450. The third-order valence-electron chi connectivity index (χ3n) is 2.10. The van der Waals surface area contributed by atoms with E-state index in [0.717, 1.165) is 12.3 Å². The summed E-state index contributed by atoms with van der Waals surface area (Å²) in [7, 11) is 0. The summed E-state index contributed by atoms with van der Waals surface area (Å²) in [5.41, 5.74) is 3.72. The Morgan fingerprint density at radius 3 is 2.00 bits per heavy atom. The van der Waals surface area contributed by atoms with Gasteiger partial charge in [-0.05, 0) is 12.5 Å². The van der Waals surface area contributed by atoms with Crippen molar-refractivity contribution < 1.29 is 0 Å². The van der Waals surface area contributed by atoms with Gasteiger partial charge in [0, 0.05) is 11.3 Å². The third-order valence-corrected chi connectivity index (χ3v) is 2.10. The van der Waals surface area contributed by atoms with Gasteiger partial charge < -0.3 is 0 Å². The minimum atomic E-state index is 0.843. The number of allylic oxidation sites excluding steroid dienone is 1. The fourth-order valence-corrected chi connectivity index (χ4v) is 1.45. The molecule has 1 aliphatic heterocycles. The SMILES string of the molecule is CC.CC1=NCC=C1c1ccccc1.CCC. The highest BCUT2D eigenvalue weighted by Gasteiger charge is 2.07. The average Bonchev–Trinajstić information content (AvgIpc) is 2.80. The van der Waals surface area contributed by atoms with Gasteiger partial charge in [-0.15, -0.1) is 0 Å². The first-order valence-corrected chi connectivity index (χ1v) is 6.56. The number of nitrogens with zero attached hydrogens (tertiary/aromatic N) is 1. The lowest BCUT2D eigenvalue weighted by Gasteiger charge is -2.01. The standard InChI is InChI=1S/C11H11N.C3H8.C2H6/c1-9-11(7-8-12-9)10-5-3-2-4-6-10;1-3-2;1-2/h2-7H,8H2,1H3;3H2,1-2H3;1-2H3. The number of aliphatic imine (C=N–C) groups is 1. The lowest BCUT2D eigenvalue weighted by Crippen LogP contribution is -1.91. The summed E-state index contributed by atoms with van der Waals surface area (Å²) in [5, 5.41) is 0. The van der Waals surface area contributed by atoms with Gasteiger partial charge >= 0.3 is 0 Å². The molecule has 0 aliphatic carbocycles. The van der Waals surface area contributed by atoms with Crippen LogP contribution in [0.4, 0.5) is 0 Å². The van der Waals surface area contributed by atoms with E-state index >= 15 is 0 Å². The molecular weight excluding hydrogens is 206 g/mol. The van der Waals surface area contributed by atoms with Gasteiger partial charge in [0.05, 0.1) is 6.54 Å². The van der Waals surface area contributed by atoms with E-state index in [9.17, 15) is 0 Å². The largest absolute Gasteiger partial charge is 0.285 e. The van der Waals surface area contributed by atoms with Crippen molar-refractivity contribution >= 4 is 11.3 Å². The smallest absolute Gasteiger partial charge is 0.0583 e. The van der Waals surface area contributed by atoms with Crippen LogP contribution in [0.15, 0.2) is 41.4 Å². The quantitative estimate of drug-likeness (QED) is 0.646. The number of benzene rings is 1. The molecule has 0 N–H and O–H groups in total. The second-order valence-corrected chi connectivity index (χ2v) is 3.62. The van der Waals surface area contributed by atoms with Crippen LogP contribution in [-0.4, -0.2) is 12.3 Å². The molecule has 1 aromatic carbocycles. The van der Waals surface area contributed by atoms with Gasteiger partial charge in [-0.2, -0.15) is 0 Å². The van der Waals surface area contributed by atoms with Gasteiger partial charge in [-0.1, -0.05) is 70.5 Å². The average molecular weight is 231 g/mol. The Labute approximate surface area is 106 Å². The summed E-state index contributed by atoms with van der Waals surface area (Å²) >= 11 is 0. The molecule has 2 rings (SSSR count). The molecule has 0 atom stereocenters. The first kappa shape index (κ1) is 15.6. The normalized spacial score (nSPS) is 12.5. The highest BCUT2D eigenvalue weighted by molar-refractivity contribution is 6.24. The van der Waals surface area contributed by atoms with E-state index in [-0.39, 0.29) is 0 Å². The maximum atomic E-state index is 4.32. The van der Waals surface area contributed by atoms with Crippen LogP contribution in [0.2, 0.25) is 0 Å². The van der Waals surface area contributed by atoms with Gasteiger partial charge in [0.15, 0.2) is 0 Å². The van der Waals surface area contributed by atoms with E-state index in [0.29, 0.717) is 0 Å². The van der Waals surface area contributed by atoms with E-state index in [1.54, 1.807) is 0 Å². The number of rotatable bonds is 1. The van der Waals surface area contributed by atoms with E-state index in [4.69, 9.17) is 0 Å². The molecule has 1 heteroatoms. The third kappa shape index (κ3) is 5.48. The molecule has 0 fully saturated rings. The fraction of sp³-hybridized carbons (Fsp3) is 0.438. The lowest BCUT2D eigenvalue weighted by molar-refractivity contribution is 1.09.